The predicted octanol–water partition coefficient (Wildman–Crippen LogP) is 1.25. The summed E-state index contributed by atoms with van der Waals surface area (Å²) in [7, 11) is -1.80. The van der Waals surface area contributed by atoms with E-state index in [2.05, 4.69) is 22.2 Å². The van der Waals surface area contributed by atoms with Gasteiger partial charge in [0.05, 0.1) is 11.9 Å². The highest BCUT2D eigenvalue weighted by atomic mass is 35.5. The van der Waals surface area contributed by atoms with Gasteiger partial charge in [0.1, 0.15) is 0 Å². The highest BCUT2D eigenvalue weighted by Gasteiger charge is 2.22. The molecule has 21 heavy (non-hydrogen) atoms. The first-order chi connectivity index (χ1) is 9.52. The van der Waals surface area contributed by atoms with Crippen LogP contribution in [-0.2, 0) is 21.2 Å². The lowest BCUT2D eigenvalue weighted by atomic mass is 9.95. The van der Waals surface area contributed by atoms with Crippen molar-refractivity contribution in [2.75, 3.05) is 26.0 Å². The number of benzene rings is 1. The summed E-state index contributed by atoms with van der Waals surface area (Å²) in [4.78, 5) is 0. The Morgan fingerprint density at radius 1 is 1.43 bits per heavy atom. The molecule has 7 heteroatoms. The minimum absolute atomic E-state index is 0. The lowest BCUT2D eigenvalue weighted by Crippen LogP contribution is -2.40. The number of fused-ring (bicyclic) bond motifs is 1. The van der Waals surface area contributed by atoms with Crippen LogP contribution in [0.1, 0.15) is 24.1 Å². The molecule has 1 aromatic rings. The molecule has 0 bridgehead atoms. The van der Waals surface area contributed by atoms with E-state index in [9.17, 15) is 8.42 Å². The summed E-state index contributed by atoms with van der Waals surface area (Å²) < 4.78 is 31.5. The topological polar surface area (TPSA) is 67.4 Å². The molecule has 120 valence electrons. The molecule has 0 aromatic heterocycles. The average molecular weight is 335 g/mol. The molecule has 1 aromatic carbocycles. The van der Waals surface area contributed by atoms with Crippen LogP contribution in [0.2, 0.25) is 0 Å². The maximum absolute atomic E-state index is 11.9. The van der Waals surface area contributed by atoms with Crippen LogP contribution in [0.4, 0.5) is 0 Å². The number of sulfonamides is 1. The molecule has 1 aliphatic rings. The summed E-state index contributed by atoms with van der Waals surface area (Å²) in [6.45, 7) is 2.99. The summed E-state index contributed by atoms with van der Waals surface area (Å²) in [5.41, 5.74) is 2.47. The van der Waals surface area contributed by atoms with Crippen LogP contribution in [0, 0.1) is 0 Å². The van der Waals surface area contributed by atoms with Gasteiger partial charge >= 0.3 is 0 Å². The van der Waals surface area contributed by atoms with Crippen LogP contribution in [0.15, 0.2) is 24.3 Å². The molecule has 0 fully saturated rings. The first kappa shape index (κ1) is 18.4. The Bertz CT molecular complexity index is 551. The van der Waals surface area contributed by atoms with Crippen molar-refractivity contribution in [1.82, 2.24) is 10.0 Å². The molecule has 0 amide bonds. The Morgan fingerprint density at radius 2 is 2.14 bits per heavy atom. The third-order valence-electron chi connectivity index (χ3n) is 3.58. The van der Waals surface area contributed by atoms with Gasteiger partial charge in [-0.25, -0.2) is 13.1 Å². The minimum Gasteiger partial charge on any atom is -0.381 e. The van der Waals surface area contributed by atoms with Gasteiger partial charge in [-0.1, -0.05) is 24.3 Å². The van der Waals surface area contributed by atoms with E-state index in [4.69, 9.17) is 4.74 Å². The van der Waals surface area contributed by atoms with Crippen molar-refractivity contribution in [2.24, 2.45) is 0 Å². The number of rotatable bonds is 6. The number of methoxy groups -OCH3 is 1. The van der Waals surface area contributed by atoms with Crippen molar-refractivity contribution in [3.8, 4) is 0 Å². The molecule has 2 unspecified atom stereocenters. The summed E-state index contributed by atoms with van der Waals surface area (Å²) in [6, 6.07) is 8.20. The molecule has 0 spiro atoms. The van der Waals surface area contributed by atoms with E-state index in [1.165, 1.54) is 18.2 Å². The highest BCUT2D eigenvalue weighted by Crippen LogP contribution is 2.21. The Labute approximate surface area is 132 Å². The molecule has 2 atom stereocenters. The Kier molecular flexibility index (Phi) is 7.09. The fourth-order valence-electron chi connectivity index (χ4n) is 2.42. The first-order valence-electron chi connectivity index (χ1n) is 6.83. The zero-order valence-corrected chi connectivity index (χ0v) is 14.0. The average Bonchev–Trinajstić information content (AvgIpc) is 2.44. The molecular formula is C14H23ClN2O3S. The fourth-order valence-corrected chi connectivity index (χ4v) is 3.71. The first-order valence-corrected chi connectivity index (χ1v) is 8.48. The molecule has 0 radical (unpaired) electrons. The van der Waals surface area contributed by atoms with Crippen LogP contribution in [0.5, 0.6) is 0 Å². The van der Waals surface area contributed by atoms with Crippen LogP contribution >= 0.6 is 12.4 Å². The molecule has 1 heterocycles. The van der Waals surface area contributed by atoms with Crippen LogP contribution in [0.25, 0.3) is 0 Å². The predicted molar refractivity (Wildman–Crippen MR) is 86.4 cm³/mol. The molecule has 0 saturated heterocycles. The van der Waals surface area contributed by atoms with Crippen molar-refractivity contribution in [2.45, 2.75) is 25.5 Å². The number of ether oxygens (including phenoxy) is 1. The van der Waals surface area contributed by atoms with Gasteiger partial charge in [0.2, 0.25) is 10.0 Å². The van der Waals surface area contributed by atoms with E-state index < -0.39 is 10.0 Å². The fraction of sp³-hybridized carbons (Fsp3) is 0.571. The molecule has 0 saturated carbocycles. The molecule has 2 rings (SSSR count). The maximum atomic E-state index is 11.9. The second-order valence-corrected chi connectivity index (χ2v) is 6.98. The third-order valence-corrected chi connectivity index (χ3v) is 5.09. The zero-order chi connectivity index (χ0) is 14.6. The van der Waals surface area contributed by atoms with E-state index in [0.717, 1.165) is 13.0 Å². The van der Waals surface area contributed by atoms with Gasteiger partial charge in [0, 0.05) is 19.7 Å². The van der Waals surface area contributed by atoms with Crippen molar-refractivity contribution >= 4 is 22.4 Å². The SMILES string of the molecule is COC(C)CS(=O)(=O)NCC1NCCc2ccccc21.Cl. The van der Waals surface area contributed by atoms with Gasteiger partial charge in [-0.3, -0.25) is 0 Å². The molecule has 2 N–H and O–H groups in total. The Hall–Kier alpha value is -0.660. The highest BCUT2D eigenvalue weighted by molar-refractivity contribution is 7.89. The lowest BCUT2D eigenvalue weighted by molar-refractivity contribution is 0.136. The third kappa shape index (κ3) is 5.23. The monoisotopic (exact) mass is 334 g/mol. The van der Waals surface area contributed by atoms with Gasteiger partial charge in [-0.2, -0.15) is 0 Å². The van der Waals surface area contributed by atoms with Gasteiger partial charge in [-0.05, 0) is 31.0 Å². The Morgan fingerprint density at radius 3 is 2.86 bits per heavy atom. The normalized spacial score (nSPS) is 19.4. The smallest absolute Gasteiger partial charge is 0.214 e. The summed E-state index contributed by atoms with van der Waals surface area (Å²) >= 11 is 0. The largest absolute Gasteiger partial charge is 0.381 e. The lowest BCUT2D eigenvalue weighted by Gasteiger charge is -2.27. The quantitative estimate of drug-likeness (QED) is 0.821. The van der Waals surface area contributed by atoms with Crippen LogP contribution < -0.4 is 10.0 Å². The second-order valence-electron chi connectivity index (χ2n) is 5.13. The standard InChI is InChI=1S/C14H22N2O3S.ClH/c1-11(19-2)10-20(17,18)16-9-14-13-6-4-3-5-12(13)7-8-15-14;/h3-6,11,14-16H,7-10H2,1-2H3;1H. The van der Waals surface area contributed by atoms with E-state index in [1.807, 2.05) is 12.1 Å². The van der Waals surface area contributed by atoms with Gasteiger partial charge < -0.3 is 10.1 Å². The number of hydrogen-bond donors (Lipinski definition) is 2. The van der Waals surface area contributed by atoms with Gasteiger partial charge in [0.25, 0.3) is 0 Å². The maximum Gasteiger partial charge on any atom is 0.214 e. The zero-order valence-electron chi connectivity index (χ0n) is 12.3. The van der Waals surface area contributed by atoms with E-state index in [-0.39, 0.29) is 30.3 Å². The summed E-state index contributed by atoms with van der Waals surface area (Å²) in [5.74, 6) is -0.0160. The van der Waals surface area contributed by atoms with Gasteiger partial charge in [-0.15, -0.1) is 12.4 Å². The molecular weight excluding hydrogens is 312 g/mol. The number of nitrogens with one attached hydrogen (secondary N) is 2. The minimum atomic E-state index is -3.31. The second kappa shape index (κ2) is 8.10. The number of halogens is 1. The van der Waals surface area contributed by atoms with Crippen molar-refractivity contribution < 1.29 is 13.2 Å². The summed E-state index contributed by atoms with van der Waals surface area (Å²) in [5, 5.41) is 3.36. The molecule has 0 aliphatic carbocycles. The molecule has 1 aliphatic heterocycles. The Balaban J connectivity index is 0.00000220. The van der Waals surface area contributed by atoms with E-state index in [1.54, 1.807) is 6.92 Å². The van der Waals surface area contributed by atoms with E-state index in [0.29, 0.717) is 6.54 Å². The summed E-state index contributed by atoms with van der Waals surface area (Å²) in [6.07, 6.45) is 0.680. The molecule has 5 nitrogen and oxygen atoms in total. The van der Waals surface area contributed by atoms with Crippen LogP contribution in [0.3, 0.4) is 0 Å². The van der Waals surface area contributed by atoms with Crippen molar-refractivity contribution in [3.05, 3.63) is 35.4 Å². The van der Waals surface area contributed by atoms with Crippen molar-refractivity contribution in [3.63, 3.8) is 0 Å². The number of hydrogen-bond acceptors (Lipinski definition) is 4. The van der Waals surface area contributed by atoms with Crippen LogP contribution in [-0.4, -0.2) is 40.5 Å². The van der Waals surface area contributed by atoms with Gasteiger partial charge in [0.15, 0.2) is 0 Å². The van der Waals surface area contributed by atoms with Crippen molar-refractivity contribution in [1.29, 1.82) is 0 Å². The van der Waals surface area contributed by atoms with E-state index >= 15 is 0 Å².